The van der Waals surface area contributed by atoms with Crippen LogP contribution in [0, 0.1) is 6.92 Å². The van der Waals surface area contributed by atoms with Crippen molar-refractivity contribution < 1.29 is 0 Å². The SMILES string of the molecule is Cc1cccc(-c2cc(=O)n(C)c3ccc(C(c4ccc(Cl)cc4)c4cncn4C)cc23)c1. The van der Waals surface area contributed by atoms with Crippen LogP contribution in [0.2, 0.25) is 5.02 Å². The highest BCUT2D eigenvalue weighted by Crippen LogP contribution is 2.36. The largest absolute Gasteiger partial charge is 0.337 e. The van der Waals surface area contributed by atoms with E-state index in [-0.39, 0.29) is 11.5 Å². The number of pyridine rings is 1. The van der Waals surface area contributed by atoms with Crippen LogP contribution >= 0.6 is 11.6 Å². The Labute approximate surface area is 197 Å². The molecular weight excluding hydrogens is 430 g/mol. The third-order valence-corrected chi connectivity index (χ3v) is 6.54. The predicted molar refractivity (Wildman–Crippen MR) is 135 cm³/mol. The molecule has 1 unspecified atom stereocenters. The molecule has 5 heteroatoms. The lowest BCUT2D eigenvalue weighted by molar-refractivity contribution is 0.793. The fourth-order valence-corrected chi connectivity index (χ4v) is 4.67. The Bertz CT molecular complexity index is 1530. The van der Waals surface area contributed by atoms with Crippen LogP contribution in [0.3, 0.4) is 0 Å². The van der Waals surface area contributed by atoms with Gasteiger partial charge in [-0.2, -0.15) is 0 Å². The van der Waals surface area contributed by atoms with Gasteiger partial charge in [0.1, 0.15) is 0 Å². The van der Waals surface area contributed by atoms with Gasteiger partial charge in [-0.1, -0.05) is 59.6 Å². The third-order valence-electron chi connectivity index (χ3n) is 6.29. The third kappa shape index (κ3) is 3.87. The summed E-state index contributed by atoms with van der Waals surface area (Å²) < 4.78 is 3.76. The summed E-state index contributed by atoms with van der Waals surface area (Å²) in [5.41, 5.74) is 7.36. The van der Waals surface area contributed by atoms with Gasteiger partial charge in [0.15, 0.2) is 0 Å². The molecule has 0 aliphatic rings. The van der Waals surface area contributed by atoms with Crippen LogP contribution in [0.25, 0.3) is 22.0 Å². The minimum atomic E-state index is -0.0261. The molecular formula is C28H24ClN3O. The predicted octanol–water partition coefficient (Wildman–Crippen LogP) is 6.08. The number of rotatable bonds is 4. The van der Waals surface area contributed by atoms with E-state index in [0.717, 1.165) is 44.4 Å². The molecule has 164 valence electrons. The Morgan fingerprint density at radius 3 is 2.36 bits per heavy atom. The van der Waals surface area contributed by atoms with Crippen molar-refractivity contribution in [2.45, 2.75) is 12.8 Å². The first kappa shape index (κ1) is 21.2. The van der Waals surface area contributed by atoms with Crippen LogP contribution in [0.4, 0.5) is 0 Å². The zero-order valence-electron chi connectivity index (χ0n) is 18.8. The lowest BCUT2D eigenvalue weighted by Gasteiger charge is -2.21. The fraction of sp³-hybridized carbons (Fsp3) is 0.143. The van der Waals surface area contributed by atoms with Gasteiger partial charge in [0.2, 0.25) is 0 Å². The molecule has 0 saturated carbocycles. The molecule has 33 heavy (non-hydrogen) atoms. The van der Waals surface area contributed by atoms with E-state index >= 15 is 0 Å². The summed E-state index contributed by atoms with van der Waals surface area (Å²) in [6.45, 7) is 2.07. The Kier molecular flexibility index (Phi) is 5.39. The molecule has 5 aromatic rings. The van der Waals surface area contributed by atoms with Crippen molar-refractivity contribution >= 4 is 22.5 Å². The van der Waals surface area contributed by atoms with E-state index in [1.54, 1.807) is 10.6 Å². The Balaban J connectivity index is 1.79. The number of fused-ring (bicyclic) bond motifs is 1. The quantitative estimate of drug-likeness (QED) is 0.331. The zero-order valence-corrected chi connectivity index (χ0v) is 19.5. The molecule has 0 fully saturated rings. The molecule has 5 rings (SSSR count). The van der Waals surface area contributed by atoms with Crippen LogP contribution in [0.5, 0.6) is 0 Å². The molecule has 0 spiro atoms. The van der Waals surface area contributed by atoms with Crippen LogP contribution in [-0.4, -0.2) is 14.1 Å². The van der Waals surface area contributed by atoms with E-state index in [0.29, 0.717) is 5.02 Å². The summed E-state index contributed by atoms with van der Waals surface area (Å²) in [5.74, 6) is -0.0261. The maximum absolute atomic E-state index is 12.8. The summed E-state index contributed by atoms with van der Waals surface area (Å²) in [5, 5.41) is 1.75. The zero-order chi connectivity index (χ0) is 23.1. The smallest absolute Gasteiger partial charge is 0.251 e. The van der Waals surface area contributed by atoms with Gasteiger partial charge in [0, 0.05) is 42.5 Å². The van der Waals surface area contributed by atoms with E-state index < -0.39 is 0 Å². The van der Waals surface area contributed by atoms with Crippen molar-refractivity contribution in [3.05, 3.63) is 123 Å². The van der Waals surface area contributed by atoms with E-state index in [1.807, 2.05) is 55.5 Å². The average molecular weight is 454 g/mol. The van der Waals surface area contributed by atoms with Crippen molar-refractivity contribution in [3.8, 4) is 11.1 Å². The molecule has 0 amide bonds. The minimum absolute atomic E-state index is 0.0207. The van der Waals surface area contributed by atoms with Crippen molar-refractivity contribution in [1.82, 2.24) is 14.1 Å². The monoisotopic (exact) mass is 453 g/mol. The molecule has 3 aromatic carbocycles. The second kappa shape index (κ2) is 8.38. The molecule has 1 atom stereocenters. The number of aryl methyl sites for hydroxylation is 3. The lowest BCUT2D eigenvalue weighted by atomic mass is 9.87. The van der Waals surface area contributed by atoms with Crippen molar-refractivity contribution in [2.24, 2.45) is 14.1 Å². The molecule has 2 heterocycles. The lowest BCUT2D eigenvalue weighted by Crippen LogP contribution is -2.16. The van der Waals surface area contributed by atoms with Gasteiger partial charge < -0.3 is 9.13 Å². The van der Waals surface area contributed by atoms with Gasteiger partial charge >= 0.3 is 0 Å². The van der Waals surface area contributed by atoms with Gasteiger partial charge in [-0.05, 0) is 53.4 Å². The average Bonchev–Trinajstić information content (AvgIpc) is 3.23. The number of halogens is 1. The Morgan fingerprint density at radius 1 is 0.909 bits per heavy atom. The second-order valence-corrected chi connectivity index (χ2v) is 8.95. The maximum Gasteiger partial charge on any atom is 0.251 e. The summed E-state index contributed by atoms with van der Waals surface area (Å²) >= 11 is 6.18. The van der Waals surface area contributed by atoms with Gasteiger partial charge in [-0.25, -0.2) is 4.98 Å². The topological polar surface area (TPSA) is 39.8 Å². The summed E-state index contributed by atoms with van der Waals surface area (Å²) in [6, 6.07) is 24.3. The summed E-state index contributed by atoms with van der Waals surface area (Å²) in [4.78, 5) is 17.1. The highest BCUT2D eigenvalue weighted by molar-refractivity contribution is 6.30. The second-order valence-electron chi connectivity index (χ2n) is 8.52. The molecule has 0 bridgehead atoms. The standard InChI is InChI=1S/C28H24ClN3O/c1-18-5-4-6-20(13-18)23-15-27(33)32(3)25-12-9-21(14-24(23)25)28(26-16-30-17-31(26)2)19-7-10-22(29)11-8-19/h4-17,28H,1-3H3. The van der Waals surface area contributed by atoms with E-state index in [2.05, 4.69) is 54.4 Å². The number of hydrogen-bond donors (Lipinski definition) is 0. The number of benzene rings is 3. The molecule has 4 nitrogen and oxygen atoms in total. The van der Waals surface area contributed by atoms with Crippen LogP contribution < -0.4 is 5.56 Å². The van der Waals surface area contributed by atoms with Gasteiger partial charge in [-0.3, -0.25) is 4.79 Å². The molecule has 0 aliphatic carbocycles. The highest BCUT2D eigenvalue weighted by Gasteiger charge is 2.21. The minimum Gasteiger partial charge on any atom is -0.337 e. The fourth-order valence-electron chi connectivity index (χ4n) is 4.54. The Morgan fingerprint density at radius 2 is 1.67 bits per heavy atom. The van der Waals surface area contributed by atoms with Gasteiger partial charge in [0.25, 0.3) is 5.56 Å². The van der Waals surface area contributed by atoms with Gasteiger partial charge in [-0.15, -0.1) is 0 Å². The highest BCUT2D eigenvalue weighted by atomic mass is 35.5. The number of hydrogen-bond acceptors (Lipinski definition) is 2. The van der Waals surface area contributed by atoms with Crippen LogP contribution in [0.1, 0.15) is 28.3 Å². The van der Waals surface area contributed by atoms with Crippen molar-refractivity contribution in [2.75, 3.05) is 0 Å². The van der Waals surface area contributed by atoms with E-state index in [9.17, 15) is 4.79 Å². The first-order chi connectivity index (χ1) is 15.9. The van der Waals surface area contributed by atoms with Crippen molar-refractivity contribution in [1.29, 1.82) is 0 Å². The summed E-state index contributed by atoms with van der Waals surface area (Å²) in [6.07, 6.45) is 3.73. The van der Waals surface area contributed by atoms with Crippen molar-refractivity contribution in [3.63, 3.8) is 0 Å². The first-order valence-corrected chi connectivity index (χ1v) is 11.2. The van der Waals surface area contributed by atoms with E-state index in [1.165, 1.54) is 0 Å². The summed E-state index contributed by atoms with van der Waals surface area (Å²) in [7, 11) is 3.83. The van der Waals surface area contributed by atoms with E-state index in [4.69, 9.17) is 11.6 Å². The molecule has 0 N–H and O–H groups in total. The van der Waals surface area contributed by atoms with Gasteiger partial charge in [0.05, 0.1) is 17.8 Å². The molecule has 0 radical (unpaired) electrons. The van der Waals surface area contributed by atoms with Crippen LogP contribution in [0.15, 0.2) is 90.1 Å². The number of aromatic nitrogens is 3. The number of imidazole rings is 1. The normalized spacial score (nSPS) is 12.2. The molecule has 0 saturated heterocycles. The molecule has 0 aliphatic heterocycles. The Hall–Kier alpha value is -3.63. The van der Waals surface area contributed by atoms with Crippen LogP contribution in [-0.2, 0) is 14.1 Å². The first-order valence-electron chi connectivity index (χ1n) is 10.8. The molecule has 2 aromatic heterocycles. The maximum atomic E-state index is 12.8. The number of nitrogens with zero attached hydrogens (tertiary/aromatic N) is 3.